The second kappa shape index (κ2) is 3.56. The molecule has 0 heterocycles. The van der Waals surface area contributed by atoms with Crippen molar-refractivity contribution in [2.24, 2.45) is 11.5 Å². The van der Waals surface area contributed by atoms with Gasteiger partial charge in [0.05, 0.1) is 0 Å². The van der Waals surface area contributed by atoms with Crippen molar-refractivity contribution < 1.29 is 9.90 Å². The molecule has 7 N–H and O–H groups in total. The smallest absolute Gasteiger partial charge is 0.326 e. The molecule has 12 heavy (non-hydrogen) atoms. The molecule has 0 amide bonds. The van der Waals surface area contributed by atoms with Crippen molar-refractivity contribution in [1.82, 2.24) is 4.90 Å². The van der Waals surface area contributed by atoms with Gasteiger partial charge in [-0.05, 0) is 6.92 Å². The van der Waals surface area contributed by atoms with Crippen LogP contribution in [-0.2, 0) is 4.79 Å². The van der Waals surface area contributed by atoms with Gasteiger partial charge in [0.2, 0.25) is 0 Å². The second-order valence-corrected chi connectivity index (χ2v) is 2.15. The average molecular weight is 173 g/mol. The van der Waals surface area contributed by atoms with Gasteiger partial charge in [0.15, 0.2) is 11.9 Å². The Bertz CT molecular complexity index is 212. The summed E-state index contributed by atoms with van der Waals surface area (Å²) in [5.41, 5.74) is 10.0. The standard InChI is InChI=1S/C5H11N5O2/c1-2(3(11)12)10(4(6)7)5(8)9/h2H,1H3,(H3,6,7)(H3,8,9)(H,11,12). The van der Waals surface area contributed by atoms with Gasteiger partial charge in [0.1, 0.15) is 6.04 Å². The van der Waals surface area contributed by atoms with E-state index in [-0.39, 0.29) is 0 Å². The van der Waals surface area contributed by atoms with Crippen molar-refractivity contribution in [3.8, 4) is 0 Å². The molecule has 0 bridgehead atoms. The summed E-state index contributed by atoms with van der Waals surface area (Å²) in [5, 5.41) is 22.4. The first-order chi connectivity index (χ1) is 5.37. The summed E-state index contributed by atoms with van der Waals surface area (Å²) >= 11 is 0. The molecule has 0 aromatic rings. The molecule has 0 saturated carbocycles. The SMILES string of the molecule is CC(C(=O)O)N(C(=N)N)C(=N)N. The summed E-state index contributed by atoms with van der Waals surface area (Å²) in [6.45, 7) is 1.28. The highest BCUT2D eigenvalue weighted by Crippen LogP contribution is 1.96. The molecule has 1 unspecified atom stereocenters. The number of guanidine groups is 2. The molecule has 68 valence electrons. The van der Waals surface area contributed by atoms with Crippen LogP contribution in [0.5, 0.6) is 0 Å². The lowest BCUT2D eigenvalue weighted by molar-refractivity contribution is -0.140. The largest absolute Gasteiger partial charge is 0.480 e. The lowest BCUT2D eigenvalue weighted by Crippen LogP contribution is -2.52. The summed E-state index contributed by atoms with van der Waals surface area (Å²) in [4.78, 5) is 11.1. The van der Waals surface area contributed by atoms with E-state index in [1.807, 2.05) is 0 Å². The summed E-state index contributed by atoms with van der Waals surface area (Å²) in [6.07, 6.45) is 0. The van der Waals surface area contributed by atoms with E-state index in [4.69, 9.17) is 27.4 Å². The number of nitrogens with one attached hydrogen (secondary N) is 2. The van der Waals surface area contributed by atoms with Gasteiger partial charge in [0, 0.05) is 0 Å². The topological polar surface area (TPSA) is 140 Å². The average Bonchev–Trinajstić information content (AvgIpc) is 1.85. The van der Waals surface area contributed by atoms with Crippen LogP contribution in [-0.4, -0.2) is 33.9 Å². The Morgan fingerprint density at radius 2 is 1.75 bits per heavy atom. The van der Waals surface area contributed by atoms with Gasteiger partial charge in [-0.1, -0.05) is 0 Å². The maximum absolute atomic E-state index is 10.4. The number of nitrogens with zero attached hydrogens (tertiary/aromatic N) is 1. The minimum absolute atomic E-state index is 0.558. The number of rotatable bonds is 2. The van der Waals surface area contributed by atoms with Crippen LogP contribution in [0.3, 0.4) is 0 Å². The van der Waals surface area contributed by atoms with E-state index < -0.39 is 23.9 Å². The lowest BCUT2D eigenvalue weighted by Gasteiger charge is -2.23. The number of hydrogen-bond acceptors (Lipinski definition) is 3. The Labute approximate surface area is 69.0 Å². The van der Waals surface area contributed by atoms with Gasteiger partial charge in [-0.2, -0.15) is 0 Å². The molecule has 0 aliphatic rings. The molecule has 0 aromatic heterocycles. The third kappa shape index (κ3) is 2.11. The number of aliphatic carboxylic acids is 1. The monoisotopic (exact) mass is 173 g/mol. The van der Waals surface area contributed by atoms with Gasteiger partial charge < -0.3 is 16.6 Å². The van der Waals surface area contributed by atoms with E-state index in [1.165, 1.54) is 6.92 Å². The zero-order chi connectivity index (χ0) is 9.89. The third-order valence-electron chi connectivity index (χ3n) is 1.26. The number of carboxylic acids is 1. The van der Waals surface area contributed by atoms with Crippen LogP contribution in [0, 0.1) is 10.8 Å². The zero-order valence-corrected chi connectivity index (χ0v) is 6.53. The van der Waals surface area contributed by atoms with Crippen LogP contribution >= 0.6 is 0 Å². The predicted octanol–water partition coefficient (Wildman–Crippen LogP) is -1.45. The molecule has 0 aromatic carbocycles. The molecule has 0 rings (SSSR count). The van der Waals surface area contributed by atoms with Crippen molar-refractivity contribution in [3.05, 3.63) is 0 Å². The Hall–Kier alpha value is -1.79. The Morgan fingerprint density at radius 1 is 1.42 bits per heavy atom. The molecule has 7 heteroatoms. The summed E-state index contributed by atoms with van der Waals surface area (Å²) in [6, 6.07) is -1.10. The Morgan fingerprint density at radius 3 is 1.83 bits per heavy atom. The van der Waals surface area contributed by atoms with Crippen LogP contribution in [0.25, 0.3) is 0 Å². The van der Waals surface area contributed by atoms with Crippen LogP contribution in [0.15, 0.2) is 0 Å². The molecule has 0 fully saturated rings. The number of carbonyl (C=O) groups is 1. The minimum Gasteiger partial charge on any atom is -0.480 e. The van der Waals surface area contributed by atoms with Crippen LogP contribution in [0.1, 0.15) is 6.92 Å². The first-order valence-corrected chi connectivity index (χ1v) is 3.08. The van der Waals surface area contributed by atoms with Crippen LogP contribution in [0.2, 0.25) is 0 Å². The minimum atomic E-state index is -1.19. The maximum atomic E-state index is 10.4. The Balaban J connectivity index is 4.63. The molecular weight excluding hydrogens is 162 g/mol. The van der Waals surface area contributed by atoms with E-state index >= 15 is 0 Å². The Kier molecular flexibility index (Phi) is 3.03. The van der Waals surface area contributed by atoms with E-state index in [0.717, 1.165) is 0 Å². The van der Waals surface area contributed by atoms with E-state index in [9.17, 15) is 4.79 Å². The fourth-order valence-corrected chi connectivity index (χ4v) is 0.657. The van der Waals surface area contributed by atoms with Crippen molar-refractivity contribution in [3.63, 3.8) is 0 Å². The predicted molar refractivity (Wildman–Crippen MR) is 42.8 cm³/mol. The highest BCUT2D eigenvalue weighted by Gasteiger charge is 2.23. The van der Waals surface area contributed by atoms with Gasteiger partial charge in [-0.3, -0.25) is 15.7 Å². The fraction of sp³-hybridized carbons (Fsp3) is 0.400. The van der Waals surface area contributed by atoms with Crippen LogP contribution in [0.4, 0.5) is 0 Å². The second-order valence-electron chi connectivity index (χ2n) is 2.15. The van der Waals surface area contributed by atoms with Gasteiger partial charge in [-0.25, -0.2) is 4.79 Å². The molecule has 0 aliphatic heterocycles. The highest BCUT2D eigenvalue weighted by molar-refractivity contribution is 5.98. The summed E-state index contributed by atoms with van der Waals surface area (Å²) in [5.74, 6) is -2.31. The number of nitrogens with two attached hydrogens (primary N) is 2. The summed E-state index contributed by atoms with van der Waals surface area (Å²) < 4.78 is 0. The maximum Gasteiger partial charge on any atom is 0.326 e. The molecule has 1 atom stereocenters. The summed E-state index contributed by atoms with van der Waals surface area (Å²) in [7, 11) is 0. The highest BCUT2D eigenvalue weighted by atomic mass is 16.4. The fourth-order valence-electron chi connectivity index (χ4n) is 0.657. The van der Waals surface area contributed by atoms with Gasteiger partial charge in [-0.15, -0.1) is 0 Å². The van der Waals surface area contributed by atoms with E-state index in [0.29, 0.717) is 4.90 Å². The molecule has 7 nitrogen and oxygen atoms in total. The van der Waals surface area contributed by atoms with Crippen molar-refractivity contribution in [2.75, 3.05) is 0 Å². The molecule has 0 aliphatic carbocycles. The van der Waals surface area contributed by atoms with Gasteiger partial charge in [0.25, 0.3) is 0 Å². The number of carboxylic acid groups (broad SMARTS) is 1. The quantitative estimate of drug-likeness (QED) is 0.256. The third-order valence-corrected chi connectivity index (χ3v) is 1.26. The molecule has 0 radical (unpaired) electrons. The molecule has 0 saturated heterocycles. The molecule has 0 spiro atoms. The number of hydrogen-bond donors (Lipinski definition) is 5. The van der Waals surface area contributed by atoms with Crippen molar-refractivity contribution >= 4 is 17.9 Å². The first kappa shape index (κ1) is 10.2. The zero-order valence-electron chi connectivity index (χ0n) is 6.53. The van der Waals surface area contributed by atoms with E-state index in [1.54, 1.807) is 0 Å². The van der Waals surface area contributed by atoms with Gasteiger partial charge >= 0.3 is 5.97 Å². The van der Waals surface area contributed by atoms with Crippen molar-refractivity contribution in [2.45, 2.75) is 13.0 Å². The lowest BCUT2D eigenvalue weighted by atomic mass is 10.3. The van der Waals surface area contributed by atoms with E-state index in [2.05, 4.69) is 0 Å². The van der Waals surface area contributed by atoms with Crippen molar-refractivity contribution in [1.29, 1.82) is 10.8 Å². The normalized spacial score (nSPS) is 11.8. The first-order valence-electron chi connectivity index (χ1n) is 3.08. The van der Waals surface area contributed by atoms with Crippen LogP contribution < -0.4 is 11.5 Å². The molecular formula is C5H11N5O2.